The van der Waals surface area contributed by atoms with Gasteiger partial charge in [0, 0.05) is 10.4 Å². The van der Waals surface area contributed by atoms with E-state index in [0.29, 0.717) is 10.6 Å². The highest BCUT2D eigenvalue weighted by molar-refractivity contribution is 6.05. The van der Waals surface area contributed by atoms with Crippen LogP contribution in [-0.2, 0) is 9.63 Å². The van der Waals surface area contributed by atoms with E-state index in [1.807, 2.05) is 30.3 Å². The molecule has 0 radical (unpaired) electrons. The Morgan fingerprint density at radius 3 is 2.28 bits per heavy atom. The van der Waals surface area contributed by atoms with Crippen LogP contribution < -0.4 is 10.6 Å². The number of rotatable bonds is 1. The van der Waals surface area contributed by atoms with E-state index in [1.54, 1.807) is 18.2 Å². The van der Waals surface area contributed by atoms with Gasteiger partial charge in [-0.05, 0) is 11.3 Å². The normalized spacial score (nSPS) is 12.6. The van der Waals surface area contributed by atoms with Gasteiger partial charge in [0.15, 0.2) is 0 Å². The van der Waals surface area contributed by atoms with Gasteiger partial charge in [0.25, 0.3) is 0 Å². The van der Waals surface area contributed by atoms with E-state index in [2.05, 4.69) is 5.16 Å². The average molecular weight is 239 g/mol. The summed E-state index contributed by atoms with van der Waals surface area (Å²) in [7, 11) is 0. The Morgan fingerprint density at radius 1 is 0.944 bits per heavy atom. The number of fused-ring (bicyclic) bond motifs is 2. The summed E-state index contributed by atoms with van der Waals surface area (Å²) in [6.45, 7) is 0. The molecule has 3 rings (SSSR count). The van der Waals surface area contributed by atoms with Gasteiger partial charge in [-0.15, -0.1) is 0 Å². The lowest BCUT2D eigenvalue weighted by Crippen LogP contribution is -2.15. The number of nitrogens with zero attached hydrogens (tertiary/aromatic N) is 1. The van der Waals surface area contributed by atoms with Gasteiger partial charge in [0.05, 0.1) is 0 Å². The molecule has 88 valence electrons. The van der Waals surface area contributed by atoms with Crippen molar-refractivity contribution in [3.63, 3.8) is 0 Å². The molecule has 2 aromatic rings. The predicted molar refractivity (Wildman–Crippen MR) is 63.5 cm³/mol. The van der Waals surface area contributed by atoms with E-state index < -0.39 is 5.97 Å². The van der Waals surface area contributed by atoms with Crippen LogP contribution in [0.5, 0.6) is 0 Å². The van der Waals surface area contributed by atoms with Crippen molar-refractivity contribution in [2.75, 3.05) is 0 Å². The minimum atomic E-state index is -1.13. The largest absolute Gasteiger partial charge is 0.475 e. The molecule has 2 aromatic carbocycles. The standard InChI is InChI=1S/C14H9NO3/c16-14(17)13-11-7-2-1-5-9(11)10-6-3-4-8-12(10)15-18-13/h1-8H,(H,16,17). The highest BCUT2D eigenvalue weighted by Gasteiger charge is 2.13. The van der Waals surface area contributed by atoms with Crippen LogP contribution in [0, 0.1) is 10.4 Å². The Labute approximate surface area is 102 Å². The first-order chi connectivity index (χ1) is 8.77. The fourth-order valence-corrected chi connectivity index (χ4v) is 2.00. The fourth-order valence-electron chi connectivity index (χ4n) is 2.00. The van der Waals surface area contributed by atoms with Crippen molar-refractivity contribution in [2.45, 2.75) is 0 Å². The predicted octanol–water partition coefficient (Wildman–Crippen LogP) is 0.731. The number of hydrogen-bond donors (Lipinski definition) is 1. The molecule has 1 N–H and O–H groups in total. The zero-order valence-corrected chi connectivity index (χ0v) is 9.33. The van der Waals surface area contributed by atoms with Crippen molar-refractivity contribution in [3.05, 3.63) is 69.5 Å². The molecule has 0 unspecified atom stereocenters. The number of carboxylic acid groups (broad SMARTS) is 1. The van der Waals surface area contributed by atoms with E-state index in [0.717, 1.165) is 10.4 Å². The summed E-state index contributed by atoms with van der Waals surface area (Å²) in [5.41, 5.74) is 0. The monoisotopic (exact) mass is 239 g/mol. The van der Waals surface area contributed by atoms with Crippen molar-refractivity contribution < 1.29 is 14.7 Å². The number of aliphatic carboxylic acids is 1. The molecular formula is C14H9NO3. The quantitative estimate of drug-likeness (QED) is 0.798. The molecule has 1 heterocycles. The third-order valence-electron chi connectivity index (χ3n) is 2.80. The molecule has 1 aliphatic rings. The minimum Gasteiger partial charge on any atom is -0.475 e. The van der Waals surface area contributed by atoms with E-state index in [4.69, 9.17) is 9.94 Å². The van der Waals surface area contributed by atoms with Gasteiger partial charge in [-0.2, -0.15) is 0 Å². The maximum atomic E-state index is 11.2. The zero-order chi connectivity index (χ0) is 12.5. The van der Waals surface area contributed by atoms with Crippen LogP contribution in [0.4, 0.5) is 0 Å². The Bertz CT molecular complexity index is 840. The molecule has 0 bridgehead atoms. The van der Waals surface area contributed by atoms with Crippen LogP contribution in [-0.4, -0.2) is 11.1 Å². The second-order valence-corrected chi connectivity index (χ2v) is 3.88. The summed E-state index contributed by atoms with van der Waals surface area (Å²) in [4.78, 5) is 16.3. The molecular weight excluding hydrogens is 230 g/mol. The number of hydrogen-bond acceptors (Lipinski definition) is 3. The highest BCUT2D eigenvalue weighted by atomic mass is 16.6. The summed E-state index contributed by atoms with van der Waals surface area (Å²) >= 11 is 0. The van der Waals surface area contributed by atoms with Crippen LogP contribution in [0.1, 0.15) is 0 Å². The van der Waals surface area contributed by atoms with Crippen LogP contribution in [0.3, 0.4) is 0 Å². The molecule has 0 aliphatic carbocycles. The SMILES string of the molecule is O=C(O)C1=c2ccccc2=c2ccccc2=NO1. The lowest BCUT2D eigenvalue weighted by atomic mass is 10.1. The second-order valence-electron chi connectivity index (χ2n) is 3.88. The summed E-state index contributed by atoms with van der Waals surface area (Å²) in [6.07, 6.45) is 0. The van der Waals surface area contributed by atoms with Gasteiger partial charge in [0.1, 0.15) is 5.36 Å². The highest BCUT2D eigenvalue weighted by Crippen LogP contribution is 2.01. The van der Waals surface area contributed by atoms with E-state index in [1.165, 1.54) is 0 Å². The van der Waals surface area contributed by atoms with Gasteiger partial charge in [-0.3, -0.25) is 0 Å². The van der Waals surface area contributed by atoms with Crippen molar-refractivity contribution in [1.29, 1.82) is 0 Å². The molecule has 0 aromatic heterocycles. The molecule has 4 nitrogen and oxygen atoms in total. The maximum absolute atomic E-state index is 11.2. The molecule has 0 fully saturated rings. The van der Waals surface area contributed by atoms with Gasteiger partial charge in [-0.1, -0.05) is 47.6 Å². The maximum Gasteiger partial charge on any atom is 0.375 e. The van der Waals surface area contributed by atoms with E-state index in [9.17, 15) is 4.79 Å². The second kappa shape index (κ2) is 4.00. The van der Waals surface area contributed by atoms with Crippen molar-refractivity contribution in [3.8, 4) is 0 Å². The summed E-state index contributed by atoms with van der Waals surface area (Å²) in [6, 6.07) is 14.6. The summed E-state index contributed by atoms with van der Waals surface area (Å²) in [5, 5.41) is 15.9. The lowest BCUT2D eigenvalue weighted by Gasteiger charge is -1.97. The molecule has 0 atom stereocenters. The van der Waals surface area contributed by atoms with E-state index >= 15 is 0 Å². The van der Waals surface area contributed by atoms with Crippen molar-refractivity contribution in [2.24, 2.45) is 5.16 Å². The van der Waals surface area contributed by atoms with Crippen LogP contribution in [0.15, 0.2) is 53.7 Å². The van der Waals surface area contributed by atoms with Gasteiger partial charge in [0.2, 0.25) is 5.76 Å². The third kappa shape index (κ3) is 1.55. The number of carbonyl (C=O) groups is 1. The molecule has 0 amide bonds. The number of carboxylic acids is 1. The van der Waals surface area contributed by atoms with Crippen LogP contribution in [0.25, 0.3) is 5.76 Å². The Balaban J connectivity index is 2.68. The average Bonchev–Trinajstić information content (AvgIpc) is 2.56. The van der Waals surface area contributed by atoms with E-state index in [-0.39, 0.29) is 5.76 Å². The Hall–Kier alpha value is -2.62. The molecule has 0 saturated heterocycles. The zero-order valence-electron chi connectivity index (χ0n) is 9.33. The van der Waals surface area contributed by atoms with Gasteiger partial charge in [-0.25, -0.2) is 4.79 Å². The first-order valence-electron chi connectivity index (χ1n) is 5.44. The minimum absolute atomic E-state index is 0.151. The molecule has 18 heavy (non-hydrogen) atoms. The Morgan fingerprint density at radius 2 is 1.56 bits per heavy atom. The van der Waals surface area contributed by atoms with Gasteiger partial charge < -0.3 is 9.94 Å². The van der Waals surface area contributed by atoms with Crippen LogP contribution >= 0.6 is 0 Å². The number of benzene rings is 2. The van der Waals surface area contributed by atoms with Gasteiger partial charge >= 0.3 is 5.97 Å². The first-order valence-corrected chi connectivity index (χ1v) is 5.44. The Kier molecular flexibility index (Phi) is 2.34. The topological polar surface area (TPSA) is 58.9 Å². The fraction of sp³-hybridized carbons (Fsp3) is 0. The van der Waals surface area contributed by atoms with Crippen LogP contribution in [0.2, 0.25) is 0 Å². The van der Waals surface area contributed by atoms with Crippen molar-refractivity contribution >= 4 is 11.7 Å². The molecule has 0 saturated carbocycles. The molecule has 1 aliphatic heterocycles. The summed E-state index contributed by atoms with van der Waals surface area (Å²) < 4.78 is 0. The molecule has 4 heteroatoms. The third-order valence-corrected chi connectivity index (χ3v) is 2.80. The lowest BCUT2D eigenvalue weighted by molar-refractivity contribution is -0.132. The first kappa shape index (κ1) is 10.5. The summed E-state index contributed by atoms with van der Waals surface area (Å²) in [5.74, 6) is -1.28. The van der Waals surface area contributed by atoms with Crippen molar-refractivity contribution in [1.82, 2.24) is 0 Å². The smallest absolute Gasteiger partial charge is 0.375 e. The molecule has 0 spiro atoms.